The number of halogens is 1. The first-order chi connectivity index (χ1) is 18.0. The quantitative estimate of drug-likeness (QED) is 0.496. The molecule has 6 rings (SSSR count). The summed E-state index contributed by atoms with van der Waals surface area (Å²) in [7, 11) is 0. The van der Waals surface area contributed by atoms with Gasteiger partial charge in [0.25, 0.3) is 0 Å². The topological polar surface area (TPSA) is 154 Å². The SMILES string of the molecule is N#Cc1cc(Nc2nc(NC3CC3)c3ncc(C#N)n3n2)c(Cl)c(N2CCN(C3(C#N)COC3)CC2)c1. The fraction of sp³-hybridized carbons (Fsp3) is 0.417. The van der Waals surface area contributed by atoms with Crippen LogP contribution in [0, 0.1) is 34.0 Å². The maximum absolute atomic E-state index is 9.71. The lowest BCUT2D eigenvalue weighted by atomic mass is 9.96. The van der Waals surface area contributed by atoms with E-state index in [1.165, 1.54) is 10.7 Å². The van der Waals surface area contributed by atoms with Crippen LogP contribution in [0.4, 0.5) is 23.1 Å². The van der Waals surface area contributed by atoms with Crippen molar-refractivity contribution in [2.24, 2.45) is 0 Å². The first-order valence-electron chi connectivity index (χ1n) is 12.0. The molecule has 4 heterocycles. The van der Waals surface area contributed by atoms with Gasteiger partial charge in [0.05, 0.1) is 53.5 Å². The molecule has 3 fully saturated rings. The number of imidazole rings is 1. The molecule has 2 aliphatic heterocycles. The van der Waals surface area contributed by atoms with Crippen molar-refractivity contribution in [1.82, 2.24) is 24.5 Å². The molecule has 2 N–H and O–H groups in total. The fourth-order valence-corrected chi connectivity index (χ4v) is 4.91. The second-order valence-electron chi connectivity index (χ2n) is 9.40. The predicted molar refractivity (Wildman–Crippen MR) is 135 cm³/mol. The second-order valence-corrected chi connectivity index (χ2v) is 9.78. The number of ether oxygens (including phenoxy) is 1. The maximum atomic E-state index is 9.71. The van der Waals surface area contributed by atoms with Gasteiger partial charge in [-0.25, -0.2) is 4.98 Å². The minimum Gasteiger partial charge on any atom is -0.375 e. The number of piperazine rings is 1. The lowest BCUT2D eigenvalue weighted by Crippen LogP contribution is -2.65. The number of hydrogen-bond acceptors (Lipinski definition) is 11. The van der Waals surface area contributed by atoms with E-state index in [0.717, 1.165) is 18.5 Å². The van der Waals surface area contributed by atoms with Crippen LogP contribution in [0.15, 0.2) is 18.3 Å². The molecule has 12 nitrogen and oxygen atoms in total. The number of nitriles is 3. The first-order valence-corrected chi connectivity index (χ1v) is 12.3. The molecule has 0 spiro atoms. The maximum Gasteiger partial charge on any atom is 0.247 e. The predicted octanol–water partition coefficient (Wildman–Crippen LogP) is 2.25. The molecule has 1 aliphatic carbocycles. The third-order valence-electron chi connectivity index (χ3n) is 6.94. The lowest BCUT2D eigenvalue weighted by Gasteiger charge is -2.48. The molecule has 186 valence electrons. The van der Waals surface area contributed by atoms with Crippen molar-refractivity contribution in [3.8, 4) is 18.2 Å². The molecule has 1 aromatic carbocycles. The summed E-state index contributed by atoms with van der Waals surface area (Å²) in [6.07, 6.45) is 3.54. The highest BCUT2D eigenvalue weighted by molar-refractivity contribution is 6.36. The van der Waals surface area contributed by atoms with Gasteiger partial charge in [-0.05, 0) is 25.0 Å². The van der Waals surface area contributed by atoms with Crippen LogP contribution < -0.4 is 15.5 Å². The van der Waals surface area contributed by atoms with E-state index < -0.39 is 5.54 Å². The van der Waals surface area contributed by atoms with Crippen molar-refractivity contribution in [2.45, 2.75) is 24.4 Å². The lowest BCUT2D eigenvalue weighted by molar-refractivity contribution is -0.109. The van der Waals surface area contributed by atoms with Crippen molar-refractivity contribution in [3.05, 3.63) is 34.6 Å². The normalized spacial score (nSPS) is 18.9. The van der Waals surface area contributed by atoms with Crippen molar-refractivity contribution in [3.63, 3.8) is 0 Å². The number of benzene rings is 1. The molecule has 2 aromatic heterocycles. The summed E-state index contributed by atoms with van der Waals surface area (Å²) in [6, 6.07) is 10.4. The van der Waals surface area contributed by atoms with E-state index in [2.05, 4.69) is 53.7 Å². The number of nitrogens with one attached hydrogen (secondary N) is 2. The average Bonchev–Trinajstić information content (AvgIpc) is 3.61. The van der Waals surface area contributed by atoms with Crippen LogP contribution in [0.2, 0.25) is 5.02 Å². The molecular weight excluding hydrogens is 494 g/mol. The van der Waals surface area contributed by atoms with Gasteiger partial charge < -0.3 is 20.3 Å². The minimum absolute atomic E-state index is 0.221. The number of aromatic nitrogens is 4. The molecule has 0 bridgehead atoms. The largest absolute Gasteiger partial charge is 0.375 e. The Morgan fingerprint density at radius 3 is 2.49 bits per heavy atom. The molecule has 37 heavy (non-hydrogen) atoms. The van der Waals surface area contributed by atoms with Crippen LogP contribution in [-0.4, -0.2) is 75.5 Å². The third kappa shape index (κ3) is 4.13. The Morgan fingerprint density at radius 1 is 1.08 bits per heavy atom. The molecule has 13 heteroatoms. The van der Waals surface area contributed by atoms with Gasteiger partial charge in [-0.15, -0.1) is 5.10 Å². The number of nitrogens with zero attached hydrogens (tertiary/aromatic N) is 9. The number of hydrogen-bond donors (Lipinski definition) is 2. The molecule has 0 amide bonds. The zero-order chi connectivity index (χ0) is 25.6. The Labute approximate surface area is 217 Å². The van der Waals surface area contributed by atoms with Gasteiger partial charge in [0.2, 0.25) is 5.95 Å². The Bertz CT molecular complexity index is 1500. The molecule has 1 saturated carbocycles. The van der Waals surface area contributed by atoms with Gasteiger partial charge in [0.15, 0.2) is 22.7 Å². The van der Waals surface area contributed by atoms with Gasteiger partial charge in [0.1, 0.15) is 6.07 Å². The highest BCUT2D eigenvalue weighted by Gasteiger charge is 2.45. The van der Waals surface area contributed by atoms with E-state index >= 15 is 0 Å². The van der Waals surface area contributed by atoms with E-state index in [4.69, 9.17) is 16.3 Å². The summed E-state index contributed by atoms with van der Waals surface area (Å²) in [5.41, 5.74) is 1.83. The Morgan fingerprint density at radius 2 is 1.86 bits per heavy atom. The zero-order valence-electron chi connectivity index (χ0n) is 19.8. The fourth-order valence-electron chi connectivity index (χ4n) is 4.63. The Hall–Kier alpha value is -4.15. The second kappa shape index (κ2) is 9.06. The van der Waals surface area contributed by atoms with Crippen molar-refractivity contribution in [2.75, 3.05) is 54.9 Å². The monoisotopic (exact) mass is 515 g/mol. The summed E-state index contributed by atoms with van der Waals surface area (Å²) < 4.78 is 6.74. The van der Waals surface area contributed by atoms with Gasteiger partial charge in [0, 0.05) is 32.2 Å². The summed E-state index contributed by atoms with van der Waals surface area (Å²) in [5, 5.41) is 40.2. The van der Waals surface area contributed by atoms with Crippen LogP contribution in [-0.2, 0) is 4.74 Å². The Balaban J connectivity index is 1.30. The van der Waals surface area contributed by atoms with E-state index in [0.29, 0.717) is 73.2 Å². The third-order valence-corrected chi connectivity index (χ3v) is 7.34. The molecule has 3 aromatic rings. The minimum atomic E-state index is -0.547. The van der Waals surface area contributed by atoms with E-state index in [1.54, 1.807) is 12.1 Å². The Kier molecular flexibility index (Phi) is 5.69. The van der Waals surface area contributed by atoms with Crippen molar-refractivity contribution < 1.29 is 4.74 Å². The molecule has 0 atom stereocenters. The van der Waals surface area contributed by atoms with Crippen LogP contribution in [0.5, 0.6) is 0 Å². The van der Waals surface area contributed by atoms with Gasteiger partial charge in [-0.3, -0.25) is 4.90 Å². The van der Waals surface area contributed by atoms with Crippen molar-refractivity contribution in [1.29, 1.82) is 15.8 Å². The van der Waals surface area contributed by atoms with Crippen LogP contribution in [0.1, 0.15) is 24.1 Å². The van der Waals surface area contributed by atoms with Crippen LogP contribution in [0.3, 0.4) is 0 Å². The summed E-state index contributed by atoms with van der Waals surface area (Å²) in [5.74, 6) is 0.746. The van der Waals surface area contributed by atoms with Gasteiger partial charge in [-0.2, -0.15) is 25.3 Å². The zero-order valence-corrected chi connectivity index (χ0v) is 20.5. The van der Waals surface area contributed by atoms with E-state index in [1.807, 2.05) is 0 Å². The highest BCUT2D eigenvalue weighted by atomic mass is 35.5. The first kappa shape index (κ1) is 23.3. The summed E-state index contributed by atoms with van der Waals surface area (Å²) in [4.78, 5) is 13.2. The summed E-state index contributed by atoms with van der Waals surface area (Å²) in [6.45, 7) is 3.51. The smallest absolute Gasteiger partial charge is 0.247 e. The molecule has 0 unspecified atom stereocenters. The average molecular weight is 516 g/mol. The molecule has 3 aliphatic rings. The van der Waals surface area contributed by atoms with Crippen molar-refractivity contribution >= 4 is 40.4 Å². The van der Waals surface area contributed by atoms with Crippen LogP contribution in [0.25, 0.3) is 5.65 Å². The van der Waals surface area contributed by atoms with E-state index in [9.17, 15) is 15.8 Å². The number of rotatable bonds is 6. The standard InChI is InChI=1S/C24H22ClN11O/c25-20-18(31-23-32-21(30-16-1-2-16)22-29-11-17(10-27)36(22)33-23)7-15(9-26)8-19(20)34-3-5-35(6-4-34)24(12-28)13-37-14-24/h7-8,11,16H,1-6,13-14H2,(H2,30,31,32,33). The molecular formula is C24H22ClN11O. The van der Waals surface area contributed by atoms with Crippen LogP contribution >= 0.6 is 11.6 Å². The summed E-state index contributed by atoms with van der Waals surface area (Å²) >= 11 is 6.86. The van der Waals surface area contributed by atoms with Gasteiger partial charge in [-0.1, -0.05) is 11.6 Å². The number of fused-ring (bicyclic) bond motifs is 1. The highest BCUT2D eigenvalue weighted by Crippen LogP contribution is 2.37. The van der Waals surface area contributed by atoms with E-state index in [-0.39, 0.29) is 11.6 Å². The molecule has 2 saturated heterocycles. The molecule has 0 radical (unpaired) electrons. The number of anilines is 4. The van der Waals surface area contributed by atoms with Gasteiger partial charge >= 0.3 is 0 Å².